The summed E-state index contributed by atoms with van der Waals surface area (Å²) in [6.07, 6.45) is -6.85. The lowest BCUT2D eigenvalue weighted by Crippen LogP contribution is -2.62. The number of Topliss-reactive ketones (excluding diaryl/α,β-unsaturated/α-hetero) is 1. The third-order valence-corrected chi connectivity index (χ3v) is 12.6. The summed E-state index contributed by atoms with van der Waals surface area (Å²) in [6.45, 7) is 0.478. The third-order valence-electron chi connectivity index (χ3n) is 12.6. The maximum absolute atomic E-state index is 13.9. The largest absolute Gasteiger partial charge is 0.394 e. The summed E-state index contributed by atoms with van der Waals surface area (Å²) in [5.74, 6) is -3.50. The van der Waals surface area contributed by atoms with Gasteiger partial charge in [-0.3, -0.25) is 9.59 Å². The van der Waals surface area contributed by atoms with Gasteiger partial charge in [0.1, 0.15) is 61.5 Å². The van der Waals surface area contributed by atoms with E-state index in [0.717, 1.165) is 5.57 Å². The normalized spacial score (nSPS) is 51.6. The Bertz CT molecular complexity index is 1320. The molecular weight excluding hydrogens is 636 g/mol. The lowest BCUT2D eigenvalue weighted by molar-refractivity contribution is -0.319. The van der Waals surface area contributed by atoms with Crippen LogP contribution in [0.3, 0.4) is 0 Å². The molecule has 2 heterocycles. The van der Waals surface area contributed by atoms with Gasteiger partial charge >= 0.3 is 0 Å². The molecule has 48 heavy (non-hydrogen) atoms. The van der Waals surface area contributed by atoms with Crippen LogP contribution in [0.1, 0.15) is 46.0 Å². The summed E-state index contributed by atoms with van der Waals surface area (Å²) in [6, 6.07) is 0. The van der Waals surface area contributed by atoms with Crippen LogP contribution in [0.2, 0.25) is 0 Å². The Morgan fingerprint density at radius 1 is 1.00 bits per heavy atom. The molecule has 5 fully saturated rings. The second-order valence-electron chi connectivity index (χ2n) is 14.9. The smallest absolute Gasteiger partial charge is 0.222 e. The van der Waals surface area contributed by atoms with Crippen LogP contribution < -0.4 is 0 Å². The van der Waals surface area contributed by atoms with Crippen LogP contribution in [-0.2, 0) is 28.5 Å². The third kappa shape index (κ3) is 5.29. The first-order valence-corrected chi connectivity index (χ1v) is 16.7. The lowest BCUT2D eigenvalue weighted by Gasteiger charge is -2.59. The fraction of sp³-hybridized carbons (Fsp3) is 0.818. The molecule has 2 aliphatic heterocycles. The molecule has 0 aromatic heterocycles. The lowest BCUT2D eigenvalue weighted by atomic mass is 9.46. The quantitative estimate of drug-likeness (QED) is 0.119. The van der Waals surface area contributed by atoms with Crippen molar-refractivity contribution in [3.05, 3.63) is 23.8 Å². The monoisotopic (exact) mass is 684 g/mol. The Hall–Kier alpha value is -1.70. The minimum Gasteiger partial charge on any atom is -0.394 e. The van der Waals surface area contributed by atoms with Crippen LogP contribution >= 0.6 is 0 Å². The molecule has 0 aromatic rings. The molecule has 16 atom stereocenters. The van der Waals surface area contributed by atoms with Crippen LogP contribution in [0.4, 0.5) is 0 Å². The molecule has 2 saturated heterocycles. The molecule has 0 radical (unpaired) electrons. The van der Waals surface area contributed by atoms with Crippen molar-refractivity contribution in [1.29, 1.82) is 0 Å². The predicted octanol–water partition coefficient (Wildman–Crippen LogP) is -2.79. The second-order valence-corrected chi connectivity index (χ2v) is 14.9. The summed E-state index contributed by atoms with van der Waals surface area (Å²) in [5, 5.41) is 95.4. The van der Waals surface area contributed by atoms with Gasteiger partial charge in [-0.2, -0.15) is 0 Å². The van der Waals surface area contributed by atoms with Crippen molar-refractivity contribution in [3.63, 3.8) is 0 Å². The van der Waals surface area contributed by atoms with Crippen molar-refractivity contribution < 1.29 is 74.5 Å². The topological polar surface area (TPSA) is 253 Å². The van der Waals surface area contributed by atoms with E-state index in [0.29, 0.717) is 19.3 Å². The fourth-order valence-corrected chi connectivity index (χ4v) is 9.88. The van der Waals surface area contributed by atoms with Gasteiger partial charge < -0.3 is 64.9 Å². The molecule has 0 spiro atoms. The van der Waals surface area contributed by atoms with Crippen molar-refractivity contribution in [1.82, 2.24) is 0 Å². The zero-order chi connectivity index (χ0) is 35.0. The van der Waals surface area contributed by atoms with Gasteiger partial charge in [0.2, 0.25) is 5.79 Å². The average Bonchev–Trinajstić information content (AvgIpc) is 3.49. The molecule has 3 saturated carbocycles. The molecule has 0 aromatic carbocycles. The average molecular weight is 685 g/mol. The number of aliphatic hydroxyl groups is 9. The van der Waals surface area contributed by atoms with E-state index in [1.54, 1.807) is 13.0 Å². The van der Waals surface area contributed by atoms with E-state index in [9.17, 15) is 55.5 Å². The first-order valence-electron chi connectivity index (χ1n) is 16.7. The van der Waals surface area contributed by atoms with E-state index in [1.165, 1.54) is 6.08 Å². The van der Waals surface area contributed by atoms with E-state index in [-0.39, 0.29) is 36.4 Å². The predicted molar refractivity (Wildman–Crippen MR) is 160 cm³/mol. The Labute approximate surface area is 277 Å². The zero-order valence-corrected chi connectivity index (χ0v) is 27.0. The number of aliphatic hydroxyl groups excluding tert-OH is 8. The summed E-state index contributed by atoms with van der Waals surface area (Å²) < 4.78 is 22.4. The summed E-state index contributed by atoms with van der Waals surface area (Å²) in [4.78, 5) is 26.0. The number of hydrogen-bond acceptors (Lipinski definition) is 15. The van der Waals surface area contributed by atoms with E-state index in [1.807, 2.05) is 13.0 Å². The van der Waals surface area contributed by atoms with Gasteiger partial charge in [-0.25, -0.2) is 0 Å². The Morgan fingerprint density at radius 2 is 1.71 bits per heavy atom. The number of carbonyl (C=O) groups is 2. The van der Waals surface area contributed by atoms with E-state index in [4.69, 9.17) is 18.9 Å². The minimum absolute atomic E-state index is 0.0316. The Balaban J connectivity index is 1.17. The number of allylic oxidation sites excluding steroid dienone is 4. The Kier molecular flexibility index (Phi) is 9.64. The van der Waals surface area contributed by atoms with E-state index in [2.05, 4.69) is 0 Å². The van der Waals surface area contributed by atoms with Crippen molar-refractivity contribution in [3.8, 4) is 0 Å². The Morgan fingerprint density at radius 3 is 2.38 bits per heavy atom. The SMILES string of the molecule is C[C@]12C=CC(=O)C=C1CC[C@@H]1[C@@H]2[C@@H](O)C[C@@]2(C)[C@H]1CC[C@]2(O)C(=O)COC1(CO)O[C@H](CO)[C@H](O[C@@H]2OC(CO)[C@H](O)[C@@H](O)C2O)C1O. The number of ether oxygens (including phenoxy) is 4. The second kappa shape index (κ2) is 12.8. The number of ketones is 2. The molecule has 9 N–H and O–H groups in total. The molecule has 0 bridgehead atoms. The fourth-order valence-electron chi connectivity index (χ4n) is 9.88. The summed E-state index contributed by atoms with van der Waals surface area (Å²) >= 11 is 0. The van der Waals surface area contributed by atoms with Gasteiger partial charge in [0.25, 0.3) is 0 Å². The summed E-state index contributed by atoms with van der Waals surface area (Å²) in [5.41, 5.74) is -2.51. The van der Waals surface area contributed by atoms with Gasteiger partial charge in [0.15, 0.2) is 17.9 Å². The molecule has 6 rings (SSSR count). The number of fused-ring (bicyclic) bond motifs is 5. The molecule has 0 amide bonds. The molecule has 15 heteroatoms. The van der Waals surface area contributed by atoms with Crippen LogP contribution in [-0.4, -0.2) is 150 Å². The van der Waals surface area contributed by atoms with Gasteiger partial charge in [-0.1, -0.05) is 25.5 Å². The zero-order valence-electron chi connectivity index (χ0n) is 27.0. The maximum Gasteiger partial charge on any atom is 0.222 e. The van der Waals surface area contributed by atoms with E-state index < -0.39 is 110 Å². The van der Waals surface area contributed by atoms with Crippen molar-refractivity contribution in [2.45, 2.75) is 112 Å². The van der Waals surface area contributed by atoms with Crippen LogP contribution in [0, 0.1) is 28.6 Å². The van der Waals surface area contributed by atoms with Gasteiger partial charge in [-0.15, -0.1) is 0 Å². The van der Waals surface area contributed by atoms with Crippen molar-refractivity contribution in [2.24, 2.45) is 28.6 Å². The maximum atomic E-state index is 13.9. The summed E-state index contributed by atoms with van der Waals surface area (Å²) in [7, 11) is 0. The standard InChI is InChI=1S/C33H48O15/c1-30-7-5-16(37)9-15(30)3-4-17-18-6-8-32(44,31(18,2)10-19(38)23(17)30)22(39)13-45-33(14-36)28(43)27(21(12-35)48-33)47-29-26(42)25(41)24(40)20(11-34)46-29/h5,7,9,17-21,23-29,34-36,38,40-44H,3-4,6,8,10-14H2,1-2H3/t17-,18-,19-,20?,21+,23+,24-,25+,26?,27-,28?,29-,30-,31-,32-,33?/m0/s1. The molecule has 270 valence electrons. The van der Waals surface area contributed by atoms with Crippen LogP contribution in [0.25, 0.3) is 0 Å². The molecular formula is C33H48O15. The minimum atomic E-state index is -2.32. The van der Waals surface area contributed by atoms with Crippen molar-refractivity contribution in [2.75, 3.05) is 26.4 Å². The van der Waals surface area contributed by atoms with Gasteiger partial charge in [0.05, 0.1) is 19.3 Å². The molecule has 6 aliphatic rings. The van der Waals surface area contributed by atoms with E-state index >= 15 is 0 Å². The number of rotatable bonds is 9. The number of hydrogen-bond donors (Lipinski definition) is 9. The van der Waals surface area contributed by atoms with Gasteiger partial charge in [0, 0.05) is 16.7 Å². The van der Waals surface area contributed by atoms with Crippen molar-refractivity contribution >= 4 is 11.6 Å². The first kappa shape index (κ1) is 36.1. The van der Waals surface area contributed by atoms with Gasteiger partial charge in [-0.05, 0) is 56.1 Å². The van der Waals surface area contributed by atoms with Crippen LogP contribution in [0.15, 0.2) is 23.8 Å². The first-order chi connectivity index (χ1) is 22.6. The number of carbonyl (C=O) groups excluding carboxylic acids is 2. The molecule has 4 aliphatic carbocycles. The highest BCUT2D eigenvalue weighted by molar-refractivity contribution is 6.01. The highest BCUT2D eigenvalue weighted by atomic mass is 16.8. The molecule has 15 nitrogen and oxygen atoms in total. The van der Waals surface area contributed by atoms with Crippen LogP contribution in [0.5, 0.6) is 0 Å². The highest BCUT2D eigenvalue weighted by Crippen LogP contribution is 2.67. The molecule has 4 unspecified atom stereocenters. The highest BCUT2D eigenvalue weighted by Gasteiger charge is 2.68.